The van der Waals surface area contributed by atoms with E-state index in [2.05, 4.69) is 60.2 Å². The Balaban J connectivity index is 2.67. The van der Waals surface area contributed by atoms with Crippen LogP contribution in [0.25, 0.3) is 10.9 Å². The van der Waals surface area contributed by atoms with E-state index in [1.807, 2.05) is 6.07 Å². The lowest BCUT2D eigenvalue weighted by Gasteiger charge is -2.12. The van der Waals surface area contributed by atoms with Crippen molar-refractivity contribution in [2.75, 3.05) is 11.9 Å². The fourth-order valence-corrected chi connectivity index (χ4v) is 2.21. The summed E-state index contributed by atoms with van der Waals surface area (Å²) in [5, 5.41) is 4.58. The molecular weight excluding hydrogens is 276 g/mol. The summed E-state index contributed by atoms with van der Waals surface area (Å²) in [5.74, 6) is 0.445. The lowest BCUT2D eigenvalue weighted by Crippen LogP contribution is -2.01. The molecule has 1 aromatic heterocycles. The molecule has 0 aliphatic carbocycles. The summed E-state index contributed by atoms with van der Waals surface area (Å²) in [7, 11) is 0. The van der Waals surface area contributed by atoms with E-state index in [0.29, 0.717) is 5.92 Å². The predicted octanol–water partition coefficient (Wildman–Crippen LogP) is 4.55. The van der Waals surface area contributed by atoms with Gasteiger partial charge in [0.15, 0.2) is 0 Å². The van der Waals surface area contributed by atoms with Gasteiger partial charge in [0.2, 0.25) is 0 Å². The highest BCUT2D eigenvalue weighted by Gasteiger charge is 2.08. The van der Waals surface area contributed by atoms with Crippen LogP contribution in [-0.2, 0) is 0 Å². The molecule has 0 atom stereocenters. The predicted molar refractivity (Wildman–Crippen MR) is 77.7 cm³/mol. The van der Waals surface area contributed by atoms with Gasteiger partial charge in [-0.2, -0.15) is 0 Å². The maximum atomic E-state index is 4.70. The van der Waals surface area contributed by atoms with Gasteiger partial charge in [0.05, 0.1) is 5.52 Å². The van der Waals surface area contributed by atoms with Crippen LogP contribution in [0.3, 0.4) is 0 Å². The van der Waals surface area contributed by atoms with E-state index < -0.39 is 0 Å². The van der Waals surface area contributed by atoms with Crippen LogP contribution in [0.15, 0.2) is 28.7 Å². The van der Waals surface area contributed by atoms with Crippen molar-refractivity contribution >= 4 is 32.5 Å². The van der Waals surface area contributed by atoms with E-state index in [9.17, 15) is 0 Å². The summed E-state index contributed by atoms with van der Waals surface area (Å²) in [6, 6.07) is 8.37. The number of rotatable bonds is 3. The minimum atomic E-state index is 0.445. The Hall–Kier alpha value is -1.09. The molecule has 0 spiro atoms. The molecule has 0 radical (unpaired) electrons. The summed E-state index contributed by atoms with van der Waals surface area (Å²) in [6.07, 6.45) is 0. The number of aromatic nitrogens is 1. The first kappa shape index (κ1) is 12.4. The van der Waals surface area contributed by atoms with Crippen LogP contribution in [0.1, 0.15) is 32.4 Å². The van der Waals surface area contributed by atoms with Gasteiger partial charge in [0, 0.05) is 27.8 Å². The molecule has 0 amide bonds. The van der Waals surface area contributed by atoms with Crippen molar-refractivity contribution in [1.29, 1.82) is 0 Å². The first-order valence-electron chi connectivity index (χ1n) is 5.96. The van der Waals surface area contributed by atoms with Gasteiger partial charge in [-0.1, -0.05) is 29.8 Å². The number of hydrogen-bond donors (Lipinski definition) is 1. The van der Waals surface area contributed by atoms with E-state index in [0.717, 1.165) is 22.2 Å². The SMILES string of the molecule is CCNc1cc(C(C)C)nc2ccc(Br)cc12. The standard InChI is InChI=1S/C14H17BrN2/c1-4-16-14-8-13(9(2)3)17-12-6-5-10(15)7-11(12)14/h5-9H,4H2,1-3H3,(H,16,17). The molecule has 0 bridgehead atoms. The van der Waals surface area contributed by atoms with Gasteiger partial charge < -0.3 is 5.32 Å². The molecule has 1 N–H and O–H groups in total. The Morgan fingerprint density at radius 2 is 2.06 bits per heavy atom. The van der Waals surface area contributed by atoms with Crippen LogP contribution < -0.4 is 5.32 Å². The van der Waals surface area contributed by atoms with E-state index in [-0.39, 0.29) is 0 Å². The second kappa shape index (κ2) is 5.05. The third kappa shape index (κ3) is 2.60. The van der Waals surface area contributed by atoms with Crippen LogP contribution in [0.2, 0.25) is 0 Å². The van der Waals surface area contributed by atoms with Crippen molar-refractivity contribution in [3.05, 3.63) is 34.4 Å². The molecule has 2 rings (SSSR count). The highest BCUT2D eigenvalue weighted by atomic mass is 79.9. The van der Waals surface area contributed by atoms with E-state index >= 15 is 0 Å². The Kier molecular flexibility index (Phi) is 3.67. The molecular formula is C14H17BrN2. The normalized spacial score (nSPS) is 11.1. The Bertz CT molecular complexity index is 535. The maximum Gasteiger partial charge on any atom is 0.0726 e. The summed E-state index contributed by atoms with van der Waals surface area (Å²) >= 11 is 3.51. The third-order valence-electron chi connectivity index (χ3n) is 2.75. The number of nitrogens with zero attached hydrogens (tertiary/aromatic N) is 1. The molecule has 0 saturated heterocycles. The van der Waals surface area contributed by atoms with Crippen molar-refractivity contribution in [1.82, 2.24) is 4.98 Å². The molecule has 2 aromatic rings. The van der Waals surface area contributed by atoms with Crippen molar-refractivity contribution in [3.63, 3.8) is 0 Å². The molecule has 2 nitrogen and oxygen atoms in total. The number of fused-ring (bicyclic) bond motifs is 1. The molecule has 17 heavy (non-hydrogen) atoms. The molecule has 90 valence electrons. The van der Waals surface area contributed by atoms with Gasteiger partial charge in [0.25, 0.3) is 0 Å². The molecule has 1 aromatic carbocycles. The zero-order chi connectivity index (χ0) is 12.4. The number of halogens is 1. The van der Waals surface area contributed by atoms with Gasteiger partial charge >= 0.3 is 0 Å². The van der Waals surface area contributed by atoms with Crippen LogP contribution >= 0.6 is 15.9 Å². The minimum Gasteiger partial charge on any atom is -0.385 e. The molecule has 3 heteroatoms. The lowest BCUT2D eigenvalue weighted by molar-refractivity contribution is 0.830. The van der Waals surface area contributed by atoms with Gasteiger partial charge in [-0.3, -0.25) is 4.98 Å². The van der Waals surface area contributed by atoms with E-state index in [1.165, 1.54) is 11.1 Å². The number of benzene rings is 1. The van der Waals surface area contributed by atoms with Crippen molar-refractivity contribution in [2.45, 2.75) is 26.7 Å². The van der Waals surface area contributed by atoms with E-state index in [4.69, 9.17) is 4.98 Å². The minimum absolute atomic E-state index is 0.445. The van der Waals surface area contributed by atoms with Crippen LogP contribution in [-0.4, -0.2) is 11.5 Å². The number of nitrogens with one attached hydrogen (secondary N) is 1. The van der Waals surface area contributed by atoms with Crippen molar-refractivity contribution in [2.24, 2.45) is 0 Å². The average molecular weight is 293 g/mol. The highest BCUT2D eigenvalue weighted by molar-refractivity contribution is 9.10. The zero-order valence-corrected chi connectivity index (χ0v) is 12.0. The quantitative estimate of drug-likeness (QED) is 0.897. The lowest BCUT2D eigenvalue weighted by atomic mass is 10.1. The Morgan fingerprint density at radius 1 is 1.29 bits per heavy atom. The Labute approximate surface area is 111 Å². The van der Waals surface area contributed by atoms with Gasteiger partial charge in [-0.05, 0) is 37.1 Å². The van der Waals surface area contributed by atoms with Crippen LogP contribution in [0.5, 0.6) is 0 Å². The summed E-state index contributed by atoms with van der Waals surface area (Å²) in [4.78, 5) is 4.70. The topological polar surface area (TPSA) is 24.9 Å². The molecule has 0 aliphatic heterocycles. The van der Waals surface area contributed by atoms with Gasteiger partial charge in [0.1, 0.15) is 0 Å². The number of pyridine rings is 1. The maximum absolute atomic E-state index is 4.70. The molecule has 0 fully saturated rings. The molecule has 0 unspecified atom stereocenters. The first-order chi connectivity index (χ1) is 8.11. The second-order valence-corrected chi connectivity index (χ2v) is 5.36. The van der Waals surface area contributed by atoms with Crippen molar-refractivity contribution < 1.29 is 0 Å². The second-order valence-electron chi connectivity index (χ2n) is 4.44. The molecule has 1 heterocycles. The third-order valence-corrected chi connectivity index (χ3v) is 3.24. The summed E-state index contributed by atoms with van der Waals surface area (Å²) in [6.45, 7) is 7.37. The zero-order valence-electron chi connectivity index (χ0n) is 10.4. The average Bonchev–Trinajstić information content (AvgIpc) is 2.29. The smallest absolute Gasteiger partial charge is 0.0726 e. The number of anilines is 1. The van der Waals surface area contributed by atoms with Gasteiger partial charge in [-0.25, -0.2) is 0 Å². The largest absolute Gasteiger partial charge is 0.385 e. The fraction of sp³-hybridized carbons (Fsp3) is 0.357. The Morgan fingerprint density at radius 3 is 2.71 bits per heavy atom. The molecule has 0 saturated carbocycles. The highest BCUT2D eigenvalue weighted by Crippen LogP contribution is 2.28. The van der Waals surface area contributed by atoms with Crippen molar-refractivity contribution in [3.8, 4) is 0 Å². The summed E-state index contributed by atoms with van der Waals surface area (Å²) in [5.41, 5.74) is 3.36. The van der Waals surface area contributed by atoms with E-state index in [1.54, 1.807) is 0 Å². The number of hydrogen-bond acceptors (Lipinski definition) is 2. The monoisotopic (exact) mass is 292 g/mol. The molecule has 0 aliphatic rings. The fourth-order valence-electron chi connectivity index (χ4n) is 1.85. The van der Waals surface area contributed by atoms with Crippen LogP contribution in [0, 0.1) is 0 Å². The van der Waals surface area contributed by atoms with Gasteiger partial charge in [-0.15, -0.1) is 0 Å². The first-order valence-corrected chi connectivity index (χ1v) is 6.75. The van der Waals surface area contributed by atoms with Crippen LogP contribution in [0.4, 0.5) is 5.69 Å². The summed E-state index contributed by atoms with van der Waals surface area (Å²) < 4.78 is 1.09.